The van der Waals surface area contributed by atoms with E-state index < -0.39 is 37.4 Å². The minimum absolute atomic E-state index is 0.00244. The van der Waals surface area contributed by atoms with E-state index in [1.165, 1.54) is 0 Å². The molecule has 0 fully saturated rings. The number of amides is 2. The van der Waals surface area contributed by atoms with Gasteiger partial charge in [-0.3, -0.25) is 19.2 Å². The predicted molar refractivity (Wildman–Crippen MR) is 147 cm³/mol. The Morgan fingerprint density at radius 3 is 2.19 bits per heavy atom. The second kappa shape index (κ2) is 15.7. The molecule has 2 N–H and O–H groups in total. The van der Waals surface area contributed by atoms with Gasteiger partial charge in [0.25, 0.3) is 0 Å². The summed E-state index contributed by atoms with van der Waals surface area (Å²) < 4.78 is 5.16. The highest BCUT2D eigenvalue weighted by Crippen LogP contribution is 2.27. The van der Waals surface area contributed by atoms with Crippen molar-refractivity contribution >= 4 is 44.5 Å². The molecule has 1 rings (SSSR count). The van der Waals surface area contributed by atoms with E-state index >= 15 is 0 Å². The van der Waals surface area contributed by atoms with E-state index in [0.29, 0.717) is 12.8 Å². The molecule has 202 valence electrons. The van der Waals surface area contributed by atoms with Gasteiger partial charge in [-0.25, -0.2) is 4.79 Å². The maximum atomic E-state index is 13.3. The second-order valence-electron chi connectivity index (χ2n) is 10.6. The molecule has 2 radical (unpaired) electrons. The third-order valence-electron chi connectivity index (χ3n) is 5.39. The summed E-state index contributed by atoms with van der Waals surface area (Å²) in [6.45, 7) is 10.4. The number of alkyl carbamates (subject to hydrolysis) is 1. The first-order valence-electron chi connectivity index (χ1n) is 12.5. The van der Waals surface area contributed by atoms with Crippen molar-refractivity contribution in [3.05, 3.63) is 35.9 Å². The summed E-state index contributed by atoms with van der Waals surface area (Å²) in [4.78, 5) is 62.8. The molecule has 0 bridgehead atoms. The summed E-state index contributed by atoms with van der Waals surface area (Å²) >= 11 is 0. The minimum atomic E-state index is -1.27. The summed E-state index contributed by atoms with van der Waals surface area (Å²) in [6, 6.07) is 8.51. The highest BCUT2D eigenvalue weighted by molar-refractivity contribution is 7.94. The van der Waals surface area contributed by atoms with Crippen molar-refractivity contribution in [1.29, 1.82) is 0 Å². The van der Waals surface area contributed by atoms with Gasteiger partial charge < -0.3 is 15.4 Å². The summed E-state index contributed by atoms with van der Waals surface area (Å²) in [5.74, 6) is -1.61. The fraction of sp³-hybridized carbons (Fsp3) is 0.593. The van der Waals surface area contributed by atoms with Crippen LogP contribution in [0.25, 0.3) is 0 Å². The van der Waals surface area contributed by atoms with Crippen molar-refractivity contribution in [2.75, 3.05) is 13.2 Å². The molecule has 0 aromatic heterocycles. The summed E-state index contributed by atoms with van der Waals surface area (Å²) in [7, 11) is 4.40. The van der Waals surface area contributed by atoms with Crippen LogP contribution in [0.5, 0.6) is 0 Å². The lowest BCUT2D eigenvalue weighted by molar-refractivity contribution is -0.132. The fourth-order valence-electron chi connectivity index (χ4n) is 3.60. The molecular formula is C27H40BN2O6P. The number of hydrogen-bond donors (Lipinski definition) is 2. The SMILES string of the molecule is [B]P(C)C(=O)CCC(=O)C(CC(C)C)NC(=O)C(CC(=O)CNC(=O)OC(C)(C)C)Cc1ccccc1. The molecule has 10 heteroatoms. The Balaban J connectivity index is 2.94. The Hall–Kier alpha value is -2.54. The van der Waals surface area contributed by atoms with Crippen molar-refractivity contribution in [3.8, 4) is 0 Å². The highest BCUT2D eigenvalue weighted by Gasteiger charge is 2.28. The number of rotatable bonds is 15. The number of carbonyl (C=O) groups excluding carboxylic acids is 5. The van der Waals surface area contributed by atoms with Crippen molar-refractivity contribution in [3.63, 3.8) is 0 Å². The van der Waals surface area contributed by atoms with Gasteiger partial charge in [0.2, 0.25) is 5.91 Å². The first-order valence-corrected chi connectivity index (χ1v) is 14.4. The first kappa shape index (κ1) is 32.5. The largest absolute Gasteiger partial charge is 0.444 e. The van der Waals surface area contributed by atoms with Gasteiger partial charge in [-0.15, -0.1) is 0 Å². The van der Waals surface area contributed by atoms with Crippen molar-refractivity contribution in [2.24, 2.45) is 11.8 Å². The molecule has 2 amide bonds. The van der Waals surface area contributed by atoms with E-state index in [4.69, 9.17) is 12.3 Å². The molecular weight excluding hydrogens is 490 g/mol. The monoisotopic (exact) mass is 530 g/mol. The molecule has 1 aromatic rings. The average molecular weight is 530 g/mol. The van der Waals surface area contributed by atoms with E-state index in [0.717, 1.165) is 5.56 Å². The molecule has 0 aliphatic rings. The van der Waals surface area contributed by atoms with Gasteiger partial charge >= 0.3 is 6.09 Å². The molecule has 0 aliphatic heterocycles. The Bertz CT molecular complexity index is 931. The first-order chi connectivity index (χ1) is 17.2. The summed E-state index contributed by atoms with van der Waals surface area (Å²) in [5.41, 5.74) is 0.0180. The fourth-order valence-corrected chi connectivity index (χ4v) is 4.07. The maximum absolute atomic E-state index is 13.3. The third kappa shape index (κ3) is 14.1. The van der Waals surface area contributed by atoms with Crippen LogP contribution < -0.4 is 10.6 Å². The molecule has 0 saturated carbocycles. The standard InChI is InChI=1S/C27H40BN2O6P/c1-18(2)14-22(23(32)12-13-24(33)37(6)28)30-25(34)20(15-19-10-8-7-9-11-19)16-21(31)17-29-26(35)36-27(3,4)5/h7-11,18,20,22H,12-17H2,1-6H3,(H,29,35)(H,30,34). The van der Waals surface area contributed by atoms with Gasteiger partial charge in [0.15, 0.2) is 11.6 Å². The highest BCUT2D eigenvalue weighted by atomic mass is 31.1. The molecule has 37 heavy (non-hydrogen) atoms. The van der Waals surface area contributed by atoms with E-state index in [9.17, 15) is 24.0 Å². The lowest BCUT2D eigenvalue weighted by Crippen LogP contribution is -2.45. The molecule has 0 spiro atoms. The molecule has 1 aromatic carbocycles. The van der Waals surface area contributed by atoms with Crippen LogP contribution in [-0.2, 0) is 30.3 Å². The van der Waals surface area contributed by atoms with Crippen LogP contribution in [0.1, 0.15) is 65.9 Å². The lowest BCUT2D eigenvalue weighted by Gasteiger charge is -2.24. The van der Waals surface area contributed by atoms with Crippen LogP contribution in [0.4, 0.5) is 4.79 Å². The van der Waals surface area contributed by atoms with E-state index in [-0.39, 0.29) is 48.8 Å². The quantitative estimate of drug-likeness (QED) is 0.262. The van der Waals surface area contributed by atoms with E-state index in [1.807, 2.05) is 44.2 Å². The molecule has 3 atom stereocenters. The molecule has 0 heterocycles. The number of nitrogens with one attached hydrogen (secondary N) is 2. The number of hydrogen-bond acceptors (Lipinski definition) is 6. The molecule has 0 aliphatic carbocycles. The van der Waals surface area contributed by atoms with E-state index in [2.05, 4.69) is 10.6 Å². The lowest BCUT2D eigenvalue weighted by atomic mass is 9.91. The van der Waals surface area contributed by atoms with Crippen molar-refractivity contribution < 1.29 is 28.7 Å². The third-order valence-corrected chi connectivity index (χ3v) is 6.40. The number of Topliss-reactive ketones (excluding diaryl/α,β-unsaturated/α-hetero) is 2. The number of benzene rings is 1. The normalized spacial score (nSPS) is 13.8. The van der Waals surface area contributed by atoms with Crippen LogP contribution in [-0.4, -0.2) is 61.5 Å². The zero-order valence-electron chi connectivity index (χ0n) is 22.8. The molecule has 3 unspecified atom stereocenters. The van der Waals surface area contributed by atoms with Crippen molar-refractivity contribution in [2.45, 2.75) is 78.4 Å². The van der Waals surface area contributed by atoms with Crippen LogP contribution in [0, 0.1) is 11.8 Å². The zero-order valence-corrected chi connectivity index (χ0v) is 23.7. The van der Waals surface area contributed by atoms with Gasteiger partial charge in [0, 0.05) is 25.2 Å². The van der Waals surface area contributed by atoms with Gasteiger partial charge in [-0.1, -0.05) is 52.0 Å². The smallest absolute Gasteiger partial charge is 0.408 e. The Morgan fingerprint density at radius 2 is 1.65 bits per heavy atom. The van der Waals surface area contributed by atoms with Crippen LogP contribution >= 0.6 is 7.80 Å². The van der Waals surface area contributed by atoms with Crippen LogP contribution in [0.2, 0.25) is 0 Å². The van der Waals surface area contributed by atoms with Crippen LogP contribution in [0.3, 0.4) is 0 Å². The predicted octanol–water partition coefficient (Wildman–Crippen LogP) is 3.93. The van der Waals surface area contributed by atoms with Crippen molar-refractivity contribution in [1.82, 2.24) is 10.6 Å². The summed E-state index contributed by atoms with van der Waals surface area (Å²) in [6.07, 6.45) is -0.0824. The van der Waals surface area contributed by atoms with E-state index in [1.54, 1.807) is 27.4 Å². The topological polar surface area (TPSA) is 119 Å². The zero-order chi connectivity index (χ0) is 28.2. The van der Waals surface area contributed by atoms with Gasteiger partial charge in [-0.2, -0.15) is 0 Å². The van der Waals surface area contributed by atoms with Crippen LogP contribution in [0.15, 0.2) is 30.3 Å². The Kier molecular flexibility index (Phi) is 13.7. The Labute approximate surface area is 223 Å². The number of ether oxygens (including phenoxy) is 1. The number of ketones is 2. The minimum Gasteiger partial charge on any atom is -0.444 e. The van der Waals surface area contributed by atoms with Gasteiger partial charge in [-0.05, 0) is 51.8 Å². The second-order valence-corrected chi connectivity index (χ2v) is 12.4. The number of carbonyl (C=O) groups is 5. The maximum Gasteiger partial charge on any atom is 0.408 e. The Morgan fingerprint density at radius 1 is 1.03 bits per heavy atom. The summed E-state index contributed by atoms with van der Waals surface area (Å²) in [5, 5.41) is 5.26. The molecule has 0 saturated heterocycles. The van der Waals surface area contributed by atoms with Gasteiger partial charge in [0.05, 0.1) is 12.6 Å². The average Bonchev–Trinajstić information content (AvgIpc) is 2.79. The van der Waals surface area contributed by atoms with Gasteiger partial charge in [0.1, 0.15) is 18.7 Å². The molecule has 8 nitrogen and oxygen atoms in total.